The first-order chi connectivity index (χ1) is 14.5. The van der Waals surface area contributed by atoms with Gasteiger partial charge in [0, 0.05) is 16.3 Å². The second-order valence-corrected chi connectivity index (χ2v) is 9.14. The number of thiophene rings is 1. The smallest absolute Gasteiger partial charge is 0.341 e. The lowest BCUT2D eigenvalue weighted by Gasteiger charge is -2.11. The number of fused-ring (bicyclic) bond motifs is 1. The number of amides is 1. The Kier molecular flexibility index (Phi) is 8.42. The molecule has 1 aliphatic carbocycles. The molecule has 1 N–H and O–H groups in total. The summed E-state index contributed by atoms with van der Waals surface area (Å²) in [5.74, 6) is -0.00298. The Hall–Kier alpha value is -1.76. The van der Waals surface area contributed by atoms with E-state index in [0.29, 0.717) is 39.4 Å². The van der Waals surface area contributed by atoms with Crippen LogP contribution in [-0.2, 0) is 22.4 Å². The Bertz CT molecular complexity index is 913. The fourth-order valence-electron chi connectivity index (χ4n) is 3.52. The van der Waals surface area contributed by atoms with Crippen LogP contribution in [-0.4, -0.2) is 25.6 Å². The number of carbonyl (C=O) groups excluding carboxylic acids is 2. The minimum atomic E-state index is -0.385. The van der Waals surface area contributed by atoms with E-state index in [1.54, 1.807) is 18.2 Å². The van der Waals surface area contributed by atoms with Gasteiger partial charge in [0.05, 0.1) is 24.3 Å². The number of benzene rings is 1. The predicted octanol–water partition coefficient (Wildman–Crippen LogP) is 6.30. The largest absolute Gasteiger partial charge is 0.492 e. The van der Waals surface area contributed by atoms with Gasteiger partial charge in [-0.25, -0.2) is 4.79 Å². The molecule has 0 radical (unpaired) electrons. The zero-order valence-electron chi connectivity index (χ0n) is 16.9. The fraction of sp³-hybridized carbons (Fsp3) is 0.455. The lowest BCUT2D eigenvalue weighted by Crippen LogP contribution is -2.15. The molecule has 0 fully saturated rings. The Morgan fingerprint density at radius 3 is 2.63 bits per heavy atom. The molecule has 0 unspecified atom stereocenters. The Morgan fingerprint density at radius 1 is 1.13 bits per heavy atom. The molecule has 8 heteroatoms. The molecule has 1 aromatic heterocycles. The van der Waals surface area contributed by atoms with Crippen LogP contribution in [0.1, 0.15) is 59.3 Å². The molecule has 0 saturated carbocycles. The van der Waals surface area contributed by atoms with Gasteiger partial charge in [0.25, 0.3) is 0 Å². The minimum absolute atomic E-state index is 0.153. The average molecular weight is 470 g/mol. The van der Waals surface area contributed by atoms with Crippen molar-refractivity contribution in [2.75, 3.05) is 19.0 Å². The lowest BCUT2D eigenvalue weighted by atomic mass is 9.96. The van der Waals surface area contributed by atoms with Gasteiger partial charge in [0.15, 0.2) is 0 Å². The third-order valence-electron chi connectivity index (χ3n) is 5.01. The van der Waals surface area contributed by atoms with Crippen molar-refractivity contribution in [3.05, 3.63) is 44.2 Å². The highest BCUT2D eigenvalue weighted by Crippen LogP contribution is 2.37. The van der Waals surface area contributed by atoms with Crippen molar-refractivity contribution in [3.63, 3.8) is 0 Å². The van der Waals surface area contributed by atoms with Crippen molar-refractivity contribution >= 4 is 51.4 Å². The summed E-state index contributed by atoms with van der Waals surface area (Å²) in [7, 11) is 1.38. The lowest BCUT2D eigenvalue weighted by molar-refractivity contribution is -0.116. The van der Waals surface area contributed by atoms with Crippen LogP contribution in [0, 0.1) is 0 Å². The molecule has 0 atom stereocenters. The molecule has 0 saturated heterocycles. The Balaban J connectivity index is 1.60. The summed E-state index contributed by atoms with van der Waals surface area (Å²) in [6.45, 7) is 0.347. The van der Waals surface area contributed by atoms with E-state index in [9.17, 15) is 9.59 Å². The van der Waals surface area contributed by atoms with Gasteiger partial charge in [0.2, 0.25) is 5.91 Å². The van der Waals surface area contributed by atoms with Crippen molar-refractivity contribution in [3.8, 4) is 5.75 Å². The molecule has 162 valence electrons. The van der Waals surface area contributed by atoms with Gasteiger partial charge in [-0.15, -0.1) is 11.3 Å². The standard InChI is InChI=1S/C22H25Cl2NO4S/c1-28-22(27)20-15-7-4-2-3-5-8-18(15)30-21(20)25-19(26)9-6-12-29-17-11-10-14(23)13-16(17)24/h10-11,13H,2-9,12H2,1H3,(H,25,26). The second-order valence-electron chi connectivity index (χ2n) is 7.19. The molecule has 1 aromatic carbocycles. The molecule has 0 aliphatic heterocycles. The van der Waals surface area contributed by atoms with Crippen molar-refractivity contribution in [2.24, 2.45) is 0 Å². The van der Waals surface area contributed by atoms with Crippen molar-refractivity contribution in [1.82, 2.24) is 0 Å². The fourth-order valence-corrected chi connectivity index (χ4v) is 5.28. The van der Waals surface area contributed by atoms with E-state index < -0.39 is 0 Å². The molecular weight excluding hydrogens is 445 g/mol. The maximum Gasteiger partial charge on any atom is 0.341 e. The van der Waals surface area contributed by atoms with E-state index in [-0.39, 0.29) is 18.3 Å². The third-order valence-corrected chi connectivity index (χ3v) is 6.75. The zero-order chi connectivity index (χ0) is 21.5. The van der Waals surface area contributed by atoms with E-state index in [1.807, 2.05) is 0 Å². The summed E-state index contributed by atoms with van der Waals surface area (Å²) in [6.07, 6.45) is 7.09. The van der Waals surface area contributed by atoms with E-state index >= 15 is 0 Å². The maximum atomic E-state index is 12.5. The van der Waals surface area contributed by atoms with Crippen LogP contribution in [0.25, 0.3) is 0 Å². The number of aryl methyl sites for hydroxylation is 1. The first-order valence-electron chi connectivity index (χ1n) is 10.1. The van der Waals surface area contributed by atoms with E-state index in [4.69, 9.17) is 32.7 Å². The predicted molar refractivity (Wildman–Crippen MR) is 121 cm³/mol. The second kappa shape index (κ2) is 11.0. The molecule has 3 rings (SSSR count). The number of anilines is 1. The molecule has 5 nitrogen and oxygen atoms in total. The van der Waals surface area contributed by atoms with Gasteiger partial charge in [-0.3, -0.25) is 4.79 Å². The summed E-state index contributed by atoms with van der Waals surface area (Å²) in [6, 6.07) is 5.02. The average Bonchev–Trinajstić information content (AvgIpc) is 3.02. The van der Waals surface area contributed by atoms with Gasteiger partial charge < -0.3 is 14.8 Å². The van der Waals surface area contributed by atoms with Gasteiger partial charge >= 0.3 is 5.97 Å². The molecule has 1 heterocycles. The molecule has 0 spiro atoms. The molecule has 0 bridgehead atoms. The molecule has 2 aromatic rings. The van der Waals surface area contributed by atoms with Gasteiger partial charge in [-0.2, -0.15) is 0 Å². The van der Waals surface area contributed by atoms with Crippen LogP contribution in [0.5, 0.6) is 5.75 Å². The number of nitrogens with one attached hydrogen (secondary N) is 1. The van der Waals surface area contributed by atoms with Crippen LogP contribution >= 0.6 is 34.5 Å². The first-order valence-corrected chi connectivity index (χ1v) is 11.7. The number of hydrogen-bond acceptors (Lipinski definition) is 5. The topological polar surface area (TPSA) is 64.6 Å². The summed E-state index contributed by atoms with van der Waals surface area (Å²) in [5, 5.41) is 4.49. The van der Waals surface area contributed by atoms with E-state index in [2.05, 4.69) is 5.32 Å². The normalized spacial score (nSPS) is 13.7. The number of esters is 1. The third kappa shape index (κ3) is 5.90. The molecule has 30 heavy (non-hydrogen) atoms. The SMILES string of the molecule is COC(=O)c1c(NC(=O)CCCOc2ccc(Cl)cc2Cl)sc2c1CCCCCC2. The van der Waals surface area contributed by atoms with Crippen LogP contribution < -0.4 is 10.1 Å². The Labute approximate surface area is 190 Å². The van der Waals surface area contributed by atoms with Gasteiger partial charge in [0.1, 0.15) is 10.8 Å². The number of ether oxygens (including phenoxy) is 2. The van der Waals surface area contributed by atoms with Gasteiger partial charge in [-0.1, -0.05) is 36.0 Å². The molecule has 1 amide bonds. The number of halogens is 2. The van der Waals surface area contributed by atoms with Crippen LogP contribution in [0.15, 0.2) is 18.2 Å². The van der Waals surface area contributed by atoms with Crippen molar-refractivity contribution in [2.45, 2.75) is 51.4 Å². The van der Waals surface area contributed by atoms with Crippen LogP contribution in [0.3, 0.4) is 0 Å². The van der Waals surface area contributed by atoms with Crippen LogP contribution in [0.4, 0.5) is 5.00 Å². The highest BCUT2D eigenvalue weighted by molar-refractivity contribution is 7.17. The number of hydrogen-bond donors (Lipinski definition) is 1. The summed E-state index contributed by atoms with van der Waals surface area (Å²) >= 11 is 13.5. The maximum absolute atomic E-state index is 12.5. The summed E-state index contributed by atoms with van der Waals surface area (Å²) in [5.41, 5.74) is 1.57. The first kappa shape index (κ1) is 22.9. The van der Waals surface area contributed by atoms with E-state index in [1.165, 1.54) is 29.7 Å². The summed E-state index contributed by atoms with van der Waals surface area (Å²) in [4.78, 5) is 26.1. The van der Waals surface area contributed by atoms with Gasteiger partial charge in [-0.05, 0) is 55.9 Å². The molecular formula is C22H25Cl2NO4S. The molecule has 1 aliphatic rings. The van der Waals surface area contributed by atoms with E-state index in [0.717, 1.165) is 37.7 Å². The quantitative estimate of drug-likeness (QED) is 0.381. The highest BCUT2D eigenvalue weighted by atomic mass is 35.5. The monoisotopic (exact) mass is 469 g/mol. The van der Waals surface area contributed by atoms with Crippen LogP contribution in [0.2, 0.25) is 10.0 Å². The number of carbonyl (C=O) groups is 2. The Morgan fingerprint density at radius 2 is 1.90 bits per heavy atom. The summed E-state index contributed by atoms with van der Waals surface area (Å²) < 4.78 is 10.6. The number of rotatable bonds is 7. The van der Waals surface area contributed by atoms with Crippen molar-refractivity contribution < 1.29 is 19.1 Å². The number of methoxy groups -OCH3 is 1. The highest BCUT2D eigenvalue weighted by Gasteiger charge is 2.25. The zero-order valence-corrected chi connectivity index (χ0v) is 19.2. The minimum Gasteiger partial charge on any atom is -0.492 e. The van der Waals surface area contributed by atoms with Crippen molar-refractivity contribution in [1.29, 1.82) is 0 Å².